The third-order valence-electron chi connectivity index (χ3n) is 3.95. The van der Waals surface area contributed by atoms with Crippen molar-refractivity contribution in [3.8, 4) is 5.75 Å². The topological polar surface area (TPSA) is 55.4 Å². The van der Waals surface area contributed by atoms with Crippen LogP contribution in [0.4, 0.5) is 4.39 Å². The van der Waals surface area contributed by atoms with E-state index < -0.39 is 15.8 Å². The normalized spacial score (nSPS) is 20.6. The van der Waals surface area contributed by atoms with Gasteiger partial charge < -0.3 is 4.74 Å². The number of halogens is 1. The second-order valence-electron chi connectivity index (χ2n) is 5.63. The van der Waals surface area contributed by atoms with E-state index in [1.165, 1.54) is 12.1 Å². The van der Waals surface area contributed by atoms with Gasteiger partial charge in [0.25, 0.3) is 0 Å². The molecule has 2 saturated carbocycles. The average Bonchev–Trinajstić information content (AvgIpc) is 3.23. The molecule has 0 heterocycles. The van der Waals surface area contributed by atoms with Gasteiger partial charge in [-0.05, 0) is 43.7 Å². The Balaban J connectivity index is 1.51. The first kappa shape index (κ1) is 13.8. The molecule has 1 aromatic carbocycles. The van der Waals surface area contributed by atoms with Crippen LogP contribution in [0.15, 0.2) is 24.3 Å². The molecule has 0 unspecified atom stereocenters. The minimum absolute atomic E-state index is 0.0446. The fourth-order valence-corrected chi connectivity index (χ4v) is 3.94. The minimum Gasteiger partial charge on any atom is -0.489 e. The molecule has 2 aliphatic rings. The lowest BCUT2D eigenvalue weighted by Crippen LogP contribution is -2.40. The van der Waals surface area contributed by atoms with Gasteiger partial charge in [0, 0.05) is 5.54 Å². The molecular weight excluding hydrogens is 281 g/mol. The number of hydrogen-bond donors (Lipinski definition) is 1. The molecule has 6 heteroatoms. The summed E-state index contributed by atoms with van der Waals surface area (Å²) < 4.78 is 45.3. The molecular formula is C14H18FNO3S. The molecule has 0 bridgehead atoms. The van der Waals surface area contributed by atoms with Crippen LogP contribution in [0.2, 0.25) is 0 Å². The fraction of sp³-hybridized carbons (Fsp3) is 0.571. The first-order valence-corrected chi connectivity index (χ1v) is 8.55. The van der Waals surface area contributed by atoms with E-state index in [4.69, 9.17) is 4.74 Å². The van der Waals surface area contributed by atoms with Gasteiger partial charge in [-0.1, -0.05) is 12.1 Å². The molecule has 110 valence electrons. The van der Waals surface area contributed by atoms with Crippen molar-refractivity contribution in [2.24, 2.45) is 5.92 Å². The van der Waals surface area contributed by atoms with E-state index in [-0.39, 0.29) is 23.6 Å². The number of benzene rings is 1. The van der Waals surface area contributed by atoms with Crippen molar-refractivity contribution in [2.75, 3.05) is 12.4 Å². The first-order chi connectivity index (χ1) is 9.51. The van der Waals surface area contributed by atoms with E-state index in [0.717, 1.165) is 25.7 Å². The van der Waals surface area contributed by atoms with Gasteiger partial charge in [-0.2, -0.15) is 0 Å². The highest BCUT2D eigenvalue weighted by molar-refractivity contribution is 7.89. The molecule has 0 radical (unpaired) electrons. The summed E-state index contributed by atoms with van der Waals surface area (Å²) in [5, 5.41) is 0. The van der Waals surface area contributed by atoms with Crippen LogP contribution in [0.25, 0.3) is 0 Å². The zero-order valence-electron chi connectivity index (χ0n) is 11.1. The number of ether oxygens (including phenoxy) is 1. The fourth-order valence-electron chi connectivity index (χ4n) is 2.55. The maximum Gasteiger partial charge on any atom is 0.215 e. The summed E-state index contributed by atoms with van der Waals surface area (Å²) in [6, 6.07) is 5.99. The Kier molecular flexibility index (Phi) is 3.46. The van der Waals surface area contributed by atoms with Gasteiger partial charge in [0.2, 0.25) is 10.0 Å². The van der Waals surface area contributed by atoms with Crippen molar-refractivity contribution in [3.05, 3.63) is 30.1 Å². The van der Waals surface area contributed by atoms with Crippen molar-refractivity contribution in [1.82, 2.24) is 4.72 Å². The molecule has 2 aliphatic carbocycles. The summed E-state index contributed by atoms with van der Waals surface area (Å²) in [5.74, 6) is -0.0132. The second kappa shape index (κ2) is 5.00. The van der Waals surface area contributed by atoms with Crippen molar-refractivity contribution in [1.29, 1.82) is 0 Å². The van der Waals surface area contributed by atoms with Crippen molar-refractivity contribution in [2.45, 2.75) is 31.2 Å². The lowest BCUT2D eigenvalue weighted by Gasteiger charge is -2.16. The number of sulfonamides is 1. The van der Waals surface area contributed by atoms with Crippen molar-refractivity contribution in [3.63, 3.8) is 0 Å². The Labute approximate surface area is 118 Å². The highest BCUT2D eigenvalue weighted by Gasteiger charge is 2.55. The molecule has 0 aliphatic heterocycles. The van der Waals surface area contributed by atoms with Crippen LogP contribution in [-0.4, -0.2) is 26.3 Å². The smallest absolute Gasteiger partial charge is 0.215 e. The molecule has 0 atom stereocenters. The lowest BCUT2D eigenvalue weighted by atomic mass is 10.2. The number of para-hydroxylation sites is 1. The zero-order chi connectivity index (χ0) is 14.2. The average molecular weight is 299 g/mol. The largest absolute Gasteiger partial charge is 0.489 e. The van der Waals surface area contributed by atoms with Crippen LogP contribution in [0, 0.1) is 11.7 Å². The maximum absolute atomic E-state index is 13.3. The summed E-state index contributed by atoms with van der Waals surface area (Å²) in [5.41, 5.74) is -0.170. The van der Waals surface area contributed by atoms with E-state index in [9.17, 15) is 12.8 Å². The van der Waals surface area contributed by atoms with Gasteiger partial charge in [-0.15, -0.1) is 0 Å². The summed E-state index contributed by atoms with van der Waals surface area (Å²) in [6.45, 7) is -0.0446. The van der Waals surface area contributed by atoms with Crippen LogP contribution in [0.3, 0.4) is 0 Å². The molecule has 2 fully saturated rings. The minimum atomic E-state index is -3.36. The van der Waals surface area contributed by atoms with Gasteiger partial charge in [0.05, 0.1) is 5.75 Å². The van der Waals surface area contributed by atoms with E-state index in [2.05, 4.69) is 4.72 Å². The molecule has 0 saturated heterocycles. The molecule has 20 heavy (non-hydrogen) atoms. The summed E-state index contributed by atoms with van der Waals surface area (Å²) in [7, 11) is -3.36. The molecule has 1 N–H and O–H groups in total. The molecule has 3 rings (SSSR count). The first-order valence-electron chi connectivity index (χ1n) is 6.90. The number of nitrogens with one attached hydrogen (secondary N) is 1. The Morgan fingerprint density at radius 1 is 1.30 bits per heavy atom. The van der Waals surface area contributed by atoms with Gasteiger partial charge in [-0.25, -0.2) is 17.5 Å². The molecule has 4 nitrogen and oxygen atoms in total. The predicted octanol–water partition coefficient (Wildman–Crippen LogP) is 2.07. The summed E-state index contributed by atoms with van der Waals surface area (Å²) in [4.78, 5) is 0. The highest BCUT2D eigenvalue weighted by Crippen LogP contribution is 2.54. The molecule has 0 spiro atoms. The molecule has 0 aromatic heterocycles. The standard InChI is InChI=1S/C14H18FNO3S/c15-12-3-1-2-4-13(12)19-9-10-20(17,18)16-14(7-8-14)11-5-6-11/h1-4,11,16H,5-10H2. The van der Waals surface area contributed by atoms with Crippen LogP contribution in [0.5, 0.6) is 5.75 Å². The van der Waals surface area contributed by atoms with E-state index >= 15 is 0 Å². The third-order valence-corrected chi connectivity index (χ3v) is 5.37. The van der Waals surface area contributed by atoms with Gasteiger partial charge in [-0.3, -0.25) is 0 Å². The second-order valence-corrected chi connectivity index (χ2v) is 7.47. The molecule has 1 aromatic rings. The third kappa shape index (κ3) is 3.12. The monoisotopic (exact) mass is 299 g/mol. The van der Waals surface area contributed by atoms with E-state index in [1.54, 1.807) is 12.1 Å². The van der Waals surface area contributed by atoms with Crippen LogP contribution in [0.1, 0.15) is 25.7 Å². The van der Waals surface area contributed by atoms with Crippen LogP contribution in [-0.2, 0) is 10.0 Å². The Morgan fingerprint density at radius 2 is 2.00 bits per heavy atom. The van der Waals surface area contributed by atoms with E-state index in [1.807, 2.05) is 0 Å². The highest BCUT2D eigenvalue weighted by atomic mass is 32.2. The quantitative estimate of drug-likeness (QED) is 0.838. The van der Waals surface area contributed by atoms with Crippen LogP contribution < -0.4 is 9.46 Å². The predicted molar refractivity (Wildman–Crippen MR) is 73.5 cm³/mol. The van der Waals surface area contributed by atoms with Gasteiger partial charge >= 0.3 is 0 Å². The summed E-state index contributed by atoms with van der Waals surface area (Å²) in [6.07, 6.45) is 4.11. The lowest BCUT2D eigenvalue weighted by molar-refractivity contribution is 0.321. The van der Waals surface area contributed by atoms with Gasteiger partial charge in [0.1, 0.15) is 6.61 Å². The molecule has 0 amide bonds. The van der Waals surface area contributed by atoms with Crippen molar-refractivity contribution >= 4 is 10.0 Å². The number of hydrogen-bond acceptors (Lipinski definition) is 3. The van der Waals surface area contributed by atoms with Crippen LogP contribution >= 0.6 is 0 Å². The van der Waals surface area contributed by atoms with E-state index in [0.29, 0.717) is 5.92 Å². The Hall–Kier alpha value is -1.14. The maximum atomic E-state index is 13.3. The van der Waals surface area contributed by atoms with Crippen molar-refractivity contribution < 1.29 is 17.5 Å². The Morgan fingerprint density at radius 3 is 2.60 bits per heavy atom. The SMILES string of the molecule is O=S(=O)(CCOc1ccccc1F)NC1(C2CC2)CC1. The van der Waals surface area contributed by atoms with Gasteiger partial charge in [0.15, 0.2) is 11.6 Å². The zero-order valence-corrected chi connectivity index (χ0v) is 12.0. The number of rotatable bonds is 7. The Bertz CT molecular complexity index is 594. The summed E-state index contributed by atoms with van der Waals surface area (Å²) >= 11 is 0.